The molecule has 1 atom stereocenters. The number of carbonyl (C=O) groups excluding carboxylic acids is 1. The monoisotopic (exact) mass is 400 g/mol. The Balaban J connectivity index is 1.79. The van der Waals surface area contributed by atoms with Crippen molar-refractivity contribution in [2.75, 3.05) is 13.2 Å². The topological polar surface area (TPSA) is 70.5 Å². The maximum atomic E-state index is 11.9. The largest absolute Gasteiger partial charge is 0.490 e. The summed E-state index contributed by atoms with van der Waals surface area (Å²) in [6.45, 7) is 6.88. The van der Waals surface area contributed by atoms with Gasteiger partial charge in [-0.1, -0.05) is 39.0 Å². The van der Waals surface area contributed by atoms with Gasteiger partial charge < -0.3 is 14.2 Å². The van der Waals surface area contributed by atoms with Gasteiger partial charge in [0.15, 0.2) is 17.7 Å². The van der Waals surface area contributed by atoms with Gasteiger partial charge in [-0.2, -0.15) is 0 Å². The summed E-state index contributed by atoms with van der Waals surface area (Å²) in [5, 5.41) is 0. The number of unbranched alkanes of at least 4 members (excludes halogenated alkanes) is 5. The molecule has 2 aromatic rings. The van der Waals surface area contributed by atoms with E-state index in [1.165, 1.54) is 32.1 Å². The Morgan fingerprint density at radius 3 is 2.24 bits per heavy atom. The molecule has 2 rings (SSSR count). The fourth-order valence-electron chi connectivity index (χ4n) is 2.80. The Bertz CT molecular complexity index is 717. The predicted octanol–water partition coefficient (Wildman–Crippen LogP) is 5.21. The third-order valence-corrected chi connectivity index (χ3v) is 4.47. The molecular formula is C23H32N2O4. The maximum Gasteiger partial charge on any atom is 0.340 e. The molecule has 1 unspecified atom stereocenters. The van der Waals surface area contributed by atoms with Crippen LogP contribution in [-0.4, -0.2) is 35.3 Å². The zero-order chi connectivity index (χ0) is 20.9. The Morgan fingerprint density at radius 1 is 0.931 bits per heavy atom. The average molecular weight is 401 g/mol. The Kier molecular flexibility index (Phi) is 10.1. The molecule has 0 saturated heterocycles. The van der Waals surface area contributed by atoms with Gasteiger partial charge in [-0.25, -0.2) is 14.8 Å². The standard InChI is InChI=1S/C23H32N2O4/c1-4-6-7-8-9-10-15-28-21-16-24-22(25-17-21)19-11-13-20(14-12-19)29-23(26)18(3)27-5-2/h11-14,16-18H,4-10,15H2,1-3H3. The van der Waals surface area contributed by atoms with Crippen LogP contribution in [-0.2, 0) is 9.53 Å². The maximum absolute atomic E-state index is 11.9. The Morgan fingerprint density at radius 2 is 1.59 bits per heavy atom. The first-order valence-corrected chi connectivity index (χ1v) is 10.5. The lowest BCUT2D eigenvalue weighted by Crippen LogP contribution is -2.25. The number of esters is 1. The first-order valence-electron chi connectivity index (χ1n) is 10.5. The molecular weight excluding hydrogens is 368 g/mol. The highest BCUT2D eigenvalue weighted by Gasteiger charge is 2.15. The summed E-state index contributed by atoms with van der Waals surface area (Å²) in [5.41, 5.74) is 0.838. The zero-order valence-electron chi connectivity index (χ0n) is 17.7. The second kappa shape index (κ2) is 12.9. The van der Waals surface area contributed by atoms with Crippen molar-refractivity contribution in [3.8, 4) is 22.9 Å². The molecule has 0 amide bonds. The molecule has 1 heterocycles. The van der Waals surface area contributed by atoms with Gasteiger partial charge in [-0.05, 0) is 44.5 Å². The van der Waals surface area contributed by atoms with Gasteiger partial charge in [0, 0.05) is 12.2 Å². The molecule has 0 N–H and O–H groups in total. The van der Waals surface area contributed by atoms with Crippen molar-refractivity contribution >= 4 is 5.97 Å². The molecule has 29 heavy (non-hydrogen) atoms. The average Bonchev–Trinajstić information content (AvgIpc) is 2.74. The third-order valence-electron chi connectivity index (χ3n) is 4.47. The SMILES string of the molecule is CCCCCCCCOc1cnc(-c2ccc(OC(=O)C(C)OCC)cc2)nc1. The quantitative estimate of drug-likeness (QED) is 0.261. The highest BCUT2D eigenvalue weighted by atomic mass is 16.6. The minimum atomic E-state index is -0.591. The predicted molar refractivity (Wildman–Crippen MR) is 113 cm³/mol. The van der Waals surface area contributed by atoms with Gasteiger partial charge in [0.2, 0.25) is 0 Å². The molecule has 6 nitrogen and oxygen atoms in total. The van der Waals surface area contributed by atoms with Crippen LogP contribution in [0.15, 0.2) is 36.7 Å². The van der Waals surface area contributed by atoms with Crippen LogP contribution in [0.3, 0.4) is 0 Å². The lowest BCUT2D eigenvalue weighted by molar-refractivity contribution is -0.145. The summed E-state index contributed by atoms with van der Waals surface area (Å²) >= 11 is 0. The van der Waals surface area contributed by atoms with Crippen LogP contribution in [0.4, 0.5) is 0 Å². The van der Waals surface area contributed by atoms with Gasteiger partial charge >= 0.3 is 5.97 Å². The summed E-state index contributed by atoms with van der Waals surface area (Å²) in [6.07, 6.45) is 10.2. The summed E-state index contributed by atoms with van der Waals surface area (Å²) in [5.74, 6) is 1.32. The number of aromatic nitrogens is 2. The lowest BCUT2D eigenvalue weighted by atomic mass is 10.1. The number of rotatable bonds is 13. The van der Waals surface area contributed by atoms with E-state index in [4.69, 9.17) is 14.2 Å². The molecule has 0 saturated carbocycles. The number of carbonyl (C=O) groups is 1. The van der Waals surface area contributed by atoms with E-state index < -0.39 is 12.1 Å². The second-order valence-electron chi connectivity index (χ2n) is 6.90. The number of ether oxygens (including phenoxy) is 3. The molecule has 0 aliphatic heterocycles. The van der Waals surface area contributed by atoms with Gasteiger partial charge in [0.05, 0.1) is 19.0 Å². The van der Waals surface area contributed by atoms with E-state index in [9.17, 15) is 4.79 Å². The molecule has 0 spiro atoms. The first kappa shape index (κ1) is 22.8. The normalized spacial score (nSPS) is 11.8. The van der Waals surface area contributed by atoms with Crippen molar-refractivity contribution < 1.29 is 19.0 Å². The number of benzene rings is 1. The molecule has 0 aliphatic carbocycles. The minimum absolute atomic E-state index is 0.414. The van der Waals surface area contributed by atoms with Gasteiger partial charge in [0.1, 0.15) is 5.75 Å². The summed E-state index contributed by atoms with van der Waals surface area (Å²) in [7, 11) is 0. The second-order valence-corrected chi connectivity index (χ2v) is 6.90. The van der Waals surface area contributed by atoms with Gasteiger partial charge in [-0.3, -0.25) is 0 Å². The molecule has 0 aliphatic rings. The van der Waals surface area contributed by atoms with Crippen LogP contribution in [0, 0.1) is 0 Å². The molecule has 0 radical (unpaired) electrons. The van der Waals surface area contributed by atoms with E-state index in [0.29, 0.717) is 30.5 Å². The third kappa shape index (κ3) is 8.20. The zero-order valence-corrected chi connectivity index (χ0v) is 17.7. The van der Waals surface area contributed by atoms with E-state index in [1.54, 1.807) is 31.5 Å². The minimum Gasteiger partial charge on any atom is -0.490 e. The highest BCUT2D eigenvalue weighted by molar-refractivity contribution is 5.77. The van der Waals surface area contributed by atoms with Crippen LogP contribution in [0.25, 0.3) is 11.4 Å². The Hall–Kier alpha value is -2.47. The molecule has 1 aromatic carbocycles. The van der Waals surface area contributed by atoms with Crippen molar-refractivity contribution in [1.29, 1.82) is 0 Å². The van der Waals surface area contributed by atoms with E-state index >= 15 is 0 Å². The van der Waals surface area contributed by atoms with Gasteiger partial charge in [-0.15, -0.1) is 0 Å². The van der Waals surface area contributed by atoms with Crippen LogP contribution < -0.4 is 9.47 Å². The van der Waals surface area contributed by atoms with Crippen LogP contribution in [0.5, 0.6) is 11.5 Å². The molecule has 6 heteroatoms. The highest BCUT2D eigenvalue weighted by Crippen LogP contribution is 2.21. The summed E-state index contributed by atoms with van der Waals surface area (Å²) in [4.78, 5) is 20.6. The summed E-state index contributed by atoms with van der Waals surface area (Å²) < 4.78 is 16.2. The van der Waals surface area contributed by atoms with Crippen LogP contribution >= 0.6 is 0 Å². The van der Waals surface area contributed by atoms with E-state index in [-0.39, 0.29) is 0 Å². The summed E-state index contributed by atoms with van der Waals surface area (Å²) in [6, 6.07) is 7.08. The fraction of sp³-hybridized carbons (Fsp3) is 0.522. The molecule has 0 bridgehead atoms. The van der Waals surface area contributed by atoms with Crippen LogP contribution in [0.2, 0.25) is 0 Å². The van der Waals surface area contributed by atoms with Crippen molar-refractivity contribution in [3.05, 3.63) is 36.7 Å². The van der Waals surface area contributed by atoms with Crippen molar-refractivity contribution in [3.63, 3.8) is 0 Å². The van der Waals surface area contributed by atoms with E-state index in [0.717, 1.165) is 12.0 Å². The lowest BCUT2D eigenvalue weighted by Gasteiger charge is -2.11. The van der Waals surface area contributed by atoms with Crippen molar-refractivity contribution in [2.45, 2.75) is 65.4 Å². The molecule has 158 valence electrons. The van der Waals surface area contributed by atoms with Crippen LogP contribution in [0.1, 0.15) is 59.3 Å². The van der Waals surface area contributed by atoms with Crippen molar-refractivity contribution in [2.24, 2.45) is 0 Å². The van der Waals surface area contributed by atoms with Gasteiger partial charge in [0.25, 0.3) is 0 Å². The van der Waals surface area contributed by atoms with E-state index in [1.807, 2.05) is 19.1 Å². The number of hydrogen-bond acceptors (Lipinski definition) is 6. The molecule has 1 aromatic heterocycles. The Labute approximate surface area is 173 Å². The smallest absolute Gasteiger partial charge is 0.340 e. The first-order chi connectivity index (χ1) is 14.1. The number of hydrogen-bond donors (Lipinski definition) is 0. The number of nitrogens with zero attached hydrogens (tertiary/aromatic N) is 2. The fourth-order valence-corrected chi connectivity index (χ4v) is 2.80. The van der Waals surface area contributed by atoms with E-state index in [2.05, 4.69) is 16.9 Å². The van der Waals surface area contributed by atoms with Crippen molar-refractivity contribution in [1.82, 2.24) is 9.97 Å². The molecule has 0 fully saturated rings.